The SMILES string of the molecule is CCC(C(=O)NC(C)(C)C)N(Cc1c(Cl)cccc1Cl)C(=O)CCCN(c1ccc(OC)c(Cl)c1)S(C)(=O)=O. The zero-order chi connectivity index (χ0) is 29.5. The smallest absolute Gasteiger partial charge is 0.243 e. The fraction of sp³-hybridized carbons (Fsp3) is 0.481. The topological polar surface area (TPSA) is 96.0 Å². The molecule has 0 aliphatic heterocycles. The van der Waals surface area contributed by atoms with Crippen molar-refractivity contribution < 1.29 is 22.7 Å². The Morgan fingerprint density at radius 2 is 1.67 bits per heavy atom. The first-order valence-electron chi connectivity index (χ1n) is 12.4. The van der Waals surface area contributed by atoms with Gasteiger partial charge in [-0.3, -0.25) is 13.9 Å². The summed E-state index contributed by atoms with van der Waals surface area (Å²) in [5.41, 5.74) is 0.380. The Morgan fingerprint density at radius 1 is 1.05 bits per heavy atom. The summed E-state index contributed by atoms with van der Waals surface area (Å²) in [6.45, 7) is 7.45. The van der Waals surface area contributed by atoms with Crippen molar-refractivity contribution in [1.82, 2.24) is 10.2 Å². The van der Waals surface area contributed by atoms with Crippen LogP contribution in [0.5, 0.6) is 5.75 Å². The van der Waals surface area contributed by atoms with Crippen LogP contribution in [0.15, 0.2) is 36.4 Å². The normalized spacial score (nSPS) is 12.5. The highest BCUT2D eigenvalue weighted by Crippen LogP contribution is 2.31. The minimum Gasteiger partial charge on any atom is -0.495 e. The predicted octanol–water partition coefficient (Wildman–Crippen LogP) is 5.92. The summed E-state index contributed by atoms with van der Waals surface area (Å²) in [6.07, 6.45) is 1.62. The number of carbonyl (C=O) groups excluding carboxylic acids is 2. The second-order valence-corrected chi connectivity index (χ2v) is 13.3. The van der Waals surface area contributed by atoms with E-state index in [0.717, 1.165) is 6.26 Å². The van der Waals surface area contributed by atoms with Gasteiger partial charge in [0.05, 0.1) is 24.1 Å². The minimum atomic E-state index is -3.68. The highest BCUT2D eigenvalue weighted by atomic mass is 35.5. The number of nitrogens with one attached hydrogen (secondary N) is 1. The van der Waals surface area contributed by atoms with Crippen LogP contribution in [0.1, 0.15) is 52.5 Å². The molecule has 12 heteroatoms. The van der Waals surface area contributed by atoms with E-state index in [-0.39, 0.29) is 42.8 Å². The molecule has 2 aromatic rings. The molecule has 1 unspecified atom stereocenters. The lowest BCUT2D eigenvalue weighted by atomic mass is 10.0. The number of amides is 2. The quantitative estimate of drug-likeness (QED) is 0.318. The van der Waals surface area contributed by atoms with E-state index in [9.17, 15) is 18.0 Å². The maximum absolute atomic E-state index is 13.6. The van der Waals surface area contributed by atoms with E-state index in [4.69, 9.17) is 39.5 Å². The van der Waals surface area contributed by atoms with Gasteiger partial charge in [-0.05, 0) is 63.9 Å². The van der Waals surface area contributed by atoms with Crippen molar-refractivity contribution in [1.29, 1.82) is 0 Å². The molecule has 1 atom stereocenters. The van der Waals surface area contributed by atoms with Crippen LogP contribution in [0.4, 0.5) is 5.69 Å². The molecule has 0 aliphatic rings. The van der Waals surface area contributed by atoms with Crippen LogP contribution in [0.25, 0.3) is 0 Å². The lowest BCUT2D eigenvalue weighted by Gasteiger charge is -2.33. The van der Waals surface area contributed by atoms with E-state index in [2.05, 4.69) is 5.32 Å². The number of sulfonamides is 1. The number of ether oxygens (including phenoxy) is 1. The van der Waals surface area contributed by atoms with Crippen molar-refractivity contribution >= 4 is 62.3 Å². The molecular formula is C27H36Cl3N3O5S. The van der Waals surface area contributed by atoms with Crippen molar-refractivity contribution in [3.05, 3.63) is 57.0 Å². The summed E-state index contributed by atoms with van der Waals surface area (Å²) >= 11 is 19.0. The summed E-state index contributed by atoms with van der Waals surface area (Å²) in [6, 6.07) is 8.93. The van der Waals surface area contributed by atoms with Gasteiger partial charge >= 0.3 is 0 Å². The highest BCUT2D eigenvalue weighted by molar-refractivity contribution is 7.92. The molecule has 0 saturated heterocycles. The third-order valence-corrected chi connectivity index (χ3v) is 8.05. The maximum Gasteiger partial charge on any atom is 0.243 e. The van der Waals surface area contributed by atoms with Gasteiger partial charge in [0.25, 0.3) is 0 Å². The number of carbonyl (C=O) groups is 2. The molecule has 1 N–H and O–H groups in total. The average molecular weight is 621 g/mol. The van der Waals surface area contributed by atoms with Gasteiger partial charge in [0.1, 0.15) is 11.8 Å². The first-order chi connectivity index (χ1) is 18.1. The number of halogens is 3. The van der Waals surface area contributed by atoms with Gasteiger partial charge in [0.2, 0.25) is 21.8 Å². The van der Waals surface area contributed by atoms with Crippen LogP contribution in [0.2, 0.25) is 15.1 Å². The molecule has 8 nitrogen and oxygen atoms in total. The molecule has 216 valence electrons. The Bertz CT molecular complexity index is 1260. The van der Waals surface area contributed by atoms with Crippen molar-refractivity contribution in [3.8, 4) is 5.75 Å². The van der Waals surface area contributed by atoms with E-state index < -0.39 is 21.6 Å². The first kappa shape index (κ1) is 33.0. The molecule has 2 amide bonds. The van der Waals surface area contributed by atoms with Gasteiger partial charge in [-0.1, -0.05) is 47.8 Å². The van der Waals surface area contributed by atoms with Crippen molar-refractivity contribution in [2.45, 2.75) is 65.1 Å². The molecular weight excluding hydrogens is 585 g/mol. The number of methoxy groups -OCH3 is 1. The molecule has 0 saturated carbocycles. The molecule has 0 spiro atoms. The largest absolute Gasteiger partial charge is 0.495 e. The number of hydrogen-bond donors (Lipinski definition) is 1. The molecule has 2 rings (SSSR count). The van der Waals surface area contributed by atoms with E-state index in [1.165, 1.54) is 22.4 Å². The molecule has 2 aromatic carbocycles. The molecule has 0 fully saturated rings. The van der Waals surface area contributed by atoms with Crippen LogP contribution in [0, 0.1) is 0 Å². The Morgan fingerprint density at radius 3 is 2.15 bits per heavy atom. The zero-order valence-electron chi connectivity index (χ0n) is 23.1. The summed E-state index contributed by atoms with van der Waals surface area (Å²) in [5.74, 6) is -0.215. The van der Waals surface area contributed by atoms with Crippen LogP contribution in [-0.4, -0.2) is 56.6 Å². The van der Waals surface area contributed by atoms with Crippen LogP contribution < -0.4 is 14.4 Å². The maximum atomic E-state index is 13.6. The number of nitrogens with zero attached hydrogens (tertiary/aromatic N) is 2. The lowest BCUT2D eigenvalue weighted by molar-refractivity contribution is -0.142. The third kappa shape index (κ3) is 9.45. The fourth-order valence-electron chi connectivity index (χ4n) is 4.04. The average Bonchev–Trinajstić information content (AvgIpc) is 2.81. The standard InChI is InChI=1S/C27H36Cl3N3O5S/c1-7-23(26(35)31-27(2,3)4)32(17-19-20(28)10-8-11-21(19)29)25(34)12-9-15-33(39(6,36)37)18-13-14-24(38-5)22(30)16-18/h8,10-11,13-14,16,23H,7,9,12,15,17H2,1-6H3,(H,31,35). The number of hydrogen-bond acceptors (Lipinski definition) is 5. The summed E-state index contributed by atoms with van der Waals surface area (Å²) < 4.78 is 31.5. The Kier molecular flexibility index (Phi) is 11.8. The number of rotatable bonds is 12. The third-order valence-electron chi connectivity index (χ3n) is 5.85. The molecule has 0 heterocycles. The van der Waals surface area contributed by atoms with Gasteiger partial charge in [0, 0.05) is 40.7 Å². The summed E-state index contributed by atoms with van der Waals surface area (Å²) in [4.78, 5) is 28.3. The molecule has 0 radical (unpaired) electrons. The van der Waals surface area contributed by atoms with Gasteiger partial charge in [-0.25, -0.2) is 8.42 Å². The van der Waals surface area contributed by atoms with Crippen LogP contribution >= 0.6 is 34.8 Å². The van der Waals surface area contributed by atoms with Crippen LogP contribution in [-0.2, 0) is 26.2 Å². The predicted molar refractivity (Wildman–Crippen MR) is 158 cm³/mol. The molecule has 0 bridgehead atoms. The molecule has 39 heavy (non-hydrogen) atoms. The monoisotopic (exact) mass is 619 g/mol. The van der Waals surface area contributed by atoms with Crippen molar-refractivity contribution in [2.75, 3.05) is 24.2 Å². The van der Waals surface area contributed by atoms with E-state index in [1.54, 1.807) is 30.3 Å². The lowest BCUT2D eigenvalue weighted by Crippen LogP contribution is -2.53. The second-order valence-electron chi connectivity index (χ2n) is 10.1. The zero-order valence-corrected chi connectivity index (χ0v) is 26.1. The molecule has 0 aliphatic carbocycles. The van der Waals surface area contributed by atoms with E-state index >= 15 is 0 Å². The van der Waals surface area contributed by atoms with E-state index in [0.29, 0.717) is 33.5 Å². The van der Waals surface area contributed by atoms with Gasteiger partial charge in [0.15, 0.2) is 0 Å². The summed E-state index contributed by atoms with van der Waals surface area (Å²) in [7, 11) is -2.21. The number of benzene rings is 2. The van der Waals surface area contributed by atoms with Crippen molar-refractivity contribution in [3.63, 3.8) is 0 Å². The Hall–Kier alpha value is -2.20. The van der Waals surface area contributed by atoms with Gasteiger partial charge in [-0.15, -0.1) is 0 Å². The van der Waals surface area contributed by atoms with Crippen molar-refractivity contribution in [2.24, 2.45) is 0 Å². The van der Waals surface area contributed by atoms with Gasteiger partial charge in [-0.2, -0.15) is 0 Å². The minimum absolute atomic E-state index is 0.0166. The fourth-order valence-corrected chi connectivity index (χ4v) is 5.77. The first-order valence-corrected chi connectivity index (χ1v) is 15.4. The highest BCUT2D eigenvalue weighted by Gasteiger charge is 2.31. The van der Waals surface area contributed by atoms with Gasteiger partial charge < -0.3 is 15.0 Å². The Balaban J connectivity index is 2.31. The van der Waals surface area contributed by atoms with E-state index in [1.807, 2.05) is 27.7 Å². The number of anilines is 1. The Labute approximate surface area is 246 Å². The second kappa shape index (κ2) is 13.9. The van der Waals surface area contributed by atoms with Crippen LogP contribution in [0.3, 0.4) is 0 Å². The molecule has 0 aromatic heterocycles. The summed E-state index contributed by atoms with van der Waals surface area (Å²) in [5, 5.41) is 3.97.